The number of aromatic amines is 1. The molecule has 0 unspecified atom stereocenters. The lowest BCUT2D eigenvalue weighted by Gasteiger charge is -2.00. The van der Waals surface area contributed by atoms with E-state index in [0.29, 0.717) is 16.1 Å². The Kier molecular flexibility index (Phi) is 2.31. The van der Waals surface area contributed by atoms with Gasteiger partial charge in [-0.3, -0.25) is 4.79 Å². The van der Waals surface area contributed by atoms with E-state index in [1.54, 1.807) is 6.20 Å². The minimum absolute atomic E-state index is 0.258. The van der Waals surface area contributed by atoms with Crippen molar-refractivity contribution in [2.75, 3.05) is 5.73 Å². The number of aryl methyl sites for hydroxylation is 1. The van der Waals surface area contributed by atoms with Crippen LogP contribution in [0.5, 0.6) is 0 Å². The van der Waals surface area contributed by atoms with Crippen LogP contribution in [0.4, 0.5) is 5.82 Å². The summed E-state index contributed by atoms with van der Waals surface area (Å²) >= 11 is 3.14. The van der Waals surface area contributed by atoms with Gasteiger partial charge >= 0.3 is 0 Å². The highest BCUT2D eigenvalue weighted by molar-refractivity contribution is 9.10. The summed E-state index contributed by atoms with van der Waals surface area (Å²) in [4.78, 5) is 17.7. The van der Waals surface area contributed by atoms with Gasteiger partial charge in [0.15, 0.2) is 5.82 Å². The number of H-pyrrole nitrogens is 1. The number of hydrogen-bond acceptors (Lipinski definition) is 4. The second-order valence-corrected chi connectivity index (χ2v) is 3.80. The van der Waals surface area contributed by atoms with Crippen LogP contribution in [0, 0.1) is 6.92 Å². The first-order chi connectivity index (χ1) is 7.09. The number of nitrogen functional groups attached to an aromatic ring is 1. The molecule has 15 heavy (non-hydrogen) atoms. The van der Waals surface area contributed by atoms with Crippen molar-refractivity contribution in [3.05, 3.63) is 32.9 Å². The largest absolute Gasteiger partial charge is 0.382 e. The Hall–Kier alpha value is -1.63. The summed E-state index contributed by atoms with van der Waals surface area (Å²) in [7, 11) is 0. The van der Waals surface area contributed by atoms with E-state index in [1.807, 2.05) is 6.92 Å². The highest BCUT2D eigenvalue weighted by Gasteiger charge is 2.10. The van der Waals surface area contributed by atoms with Crippen LogP contribution in [0.3, 0.4) is 0 Å². The lowest BCUT2D eigenvalue weighted by Crippen LogP contribution is -2.12. The molecular formula is C8H8BrN5O. The molecule has 0 saturated carbocycles. The van der Waals surface area contributed by atoms with Gasteiger partial charge in [0.1, 0.15) is 10.3 Å². The number of nitrogens with two attached hydrogens (primary N) is 1. The van der Waals surface area contributed by atoms with E-state index in [0.717, 1.165) is 5.56 Å². The zero-order chi connectivity index (χ0) is 11.0. The Balaban J connectivity index is 2.64. The maximum atomic E-state index is 11.3. The smallest absolute Gasteiger partial charge is 0.267 e. The Morgan fingerprint density at radius 2 is 2.33 bits per heavy atom. The van der Waals surface area contributed by atoms with Crippen LogP contribution in [0.2, 0.25) is 0 Å². The van der Waals surface area contributed by atoms with Gasteiger partial charge in [0.25, 0.3) is 5.56 Å². The van der Waals surface area contributed by atoms with Crippen molar-refractivity contribution in [2.45, 2.75) is 6.92 Å². The number of nitrogens with zero attached hydrogens (tertiary/aromatic N) is 3. The van der Waals surface area contributed by atoms with Crippen molar-refractivity contribution in [1.82, 2.24) is 19.7 Å². The monoisotopic (exact) mass is 269 g/mol. The van der Waals surface area contributed by atoms with Gasteiger partial charge in [-0.05, 0) is 22.9 Å². The van der Waals surface area contributed by atoms with Crippen molar-refractivity contribution in [1.29, 1.82) is 0 Å². The van der Waals surface area contributed by atoms with Crippen LogP contribution < -0.4 is 11.3 Å². The first-order valence-electron chi connectivity index (χ1n) is 4.15. The average Bonchev–Trinajstić information content (AvgIpc) is 2.51. The fourth-order valence-electron chi connectivity index (χ4n) is 1.12. The van der Waals surface area contributed by atoms with E-state index < -0.39 is 0 Å². The topological polar surface area (TPSA) is 89.6 Å². The molecule has 3 N–H and O–H groups in total. The van der Waals surface area contributed by atoms with Gasteiger partial charge in [0.2, 0.25) is 0 Å². The van der Waals surface area contributed by atoms with Crippen LogP contribution in [-0.2, 0) is 0 Å². The summed E-state index contributed by atoms with van der Waals surface area (Å²) in [5.74, 6) is 0.836. The molecule has 2 heterocycles. The molecule has 0 aliphatic rings. The summed E-state index contributed by atoms with van der Waals surface area (Å²) in [5, 5.41) is 4.03. The van der Waals surface area contributed by atoms with Crippen molar-refractivity contribution in [3.63, 3.8) is 0 Å². The molecule has 0 amide bonds. The van der Waals surface area contributed by atoms with Gasteiger partial charge in [-0.25, -0.2) is 9.67 Å². The Morgan fingerprint density at radius 3 is 2.93 bits per heavy atom. The first kappa shape index (κ1) is 9.91. The van der Waals surface area contributed by atoms with Crippen LogP contribution in [0.1, 0.15) is 5.56 Å². The third-order valence-electron chi connectivity index (χ3n) is 1.93. The molecule has 2 aromatic rings. The molecule has 7 heteroatoms. The van der Waals surface area contributed by atoms with Crippen LogP contribution in [0.25, 0.3) is 5.82 Å². The molecule has 0 aliphatic carbocycles. The normalized spacial score (nSPS) is 10.5. The summed E-state index contributed by atoms with van der Waals surface area (Å²) < 4.78 is 1.79. The van der Waals surface area contributed by atoms with Gasteiger partial charge in [0.05, 0.1) is 6.33 Å². The maximum absolute atomic E-state index is 11.3. The molecule has 0 bridgehead atoms. The predicted octanol–water partition coefficient (Wildman–Crippen LogP) is 0.609. The van der Waals surface area contributed by atoms with Gasteiger partial charge in [-0.1, -0.05) is 0 Å². The molecule has 2 rings (SSSR count). The van der Waals surface area contributed by atoms with Crippen LogP contribution >= 0.6 is 15.9 Å². The van der Waals surface area contributed by atoms with Crippen molar-refractivity contribution >= 4 is 21.7 Å². The van der Waals surface area contributed by atoms with Gasteiger partial charge < -0.3 is 10.7 Å². The number of anilines is 1. The standard InChI is InChI=1S/C8H8BrN5O/c1-4-2-14(13-6(4)10)7-5(9)8(15)12-3-11-7/h2-3H,1H3,(H2,10,13)(H,11,12,15). The average molecular weight is 270 g/mol. The molecule has 0 aliphatic heterocycles. The van der Waals surface area contributed by atoms with Crippen molar-refractivity contribution in [2.24, 2.45) is 0 Å². The molecule has 0 atom stereocenters. The van der Waals surface area contributed by atoms with Gasteiger partial charge in [-0.15, -0.1) is 5.10 Å². The molecule has 0 spiro atoms. The minimum Gasteiger partial charge on any atom is -0.382 e. The van der Waals surface area contributed by atoms with E-state index in [4.69, 9.17) is 5.73 Å². The summed E-state index contributed by atoms with van der Waals surface area (Å²) in [6.45, 7) is 1.83. The number of hydrogen-bond donors (Lipinski definition) is 2. The molecule has 0 saturated heterocycles. The minimum atomic E-state index is -0.258. The zero-order valence-corrected chi connectivity index (χ0v) is 9.45. The lowest BCUT2D eigenvalue weighted by atomic mass is 10.4. The quantitative estimate of drug-likeness (QED) is 0.794. The Morgan fingerprint density at radius 1 is 1.60 bits per heavy atom. The molecule has 0 radical (unpaired) electrons. The molecule has 0 aromatic carbocycles. The zero-order valence-electron chi connectivity index (χ0n) is 7.86. The van der Waals surface area contributed by atoms with Crippen molar-refractivity contribution < 1.29 is 0 Å². The Labute approximate surface area is 93.3 Å². The lowest BCUT2D eigenvalue weighted by molar-refractivity contribution is 0.831. The summed E-state index contributed by atoms with van der Waals surface area (Å²) in [6.07, 6.45) is 3.03. The molecule has 6 nitrogen and oxygen atoms in total. The molecule has 0 fully saturated rings. The number of halogens is 1. The van der Waals surface area contributed by atoms with E-state index in [2.05, 4.69) is 31.0 Å². The third-order valence-corrected chi connectivity index (χ3v) is 2.65. The second kappa shape index (κ2) is 3.50. The molecular weight excluding hydrogens is 262 g/mol. The van der Waals surface area contributed by atoms with E-state index >= 15 is 0 Å². The van der Waals surface area contributed by atoms with Crippen molar-refractivity contribution in [3.8, 4) is 5.82 Å². The fraction of sp³-hybridized carbons (Fsp3) is 0.125. The highest BCUT2D eigenvalue weighted by atomic mass is 79.9. The summed E-state index contributed by atoms with van der Waals surface area (Å²) in [5.41, 5.74) is 6.18. The van der Waals surface area contributed by atoms with E-state index in [-0.39, 0.29) is 5.56 Å². The highest BCUT2D eigenvalue weighted by Crippen LogP contribution is 2.15. The number of aromatic nitrogens is 4. The summed E-state index contributed by atoms with van der Waals surface area (Å²) in [6, 6.07) is 0. The first-order valence-corrected chi connectivity index (χ1v) is 4.94. The fourth-order valence-corrected chi connectivity index (χ4v) is 1.51. The maximum Gasteiger partial charge on any atom is 0.267 e. The predicted molar refractivity (Wildman–Crippen MR) is 58.8 cm³/mol. The SMILES string of the molecule is Cc1cn(-c2nc[nH]c(=O)c2Br)nc1N. The number of nitrogens with one attached hydrogen (secondary N) is 1. The van der Waals surface area contributed by atoms with E-state index in [1.165, 1.54) is 11.0 Å². The molecule has 2 aromatic heterocycles. The Bertz CT molecular complexity index is 539. The van der Waals surface area contributed by atoms with Crippen LogP contribution in [0.15, 0.2) is 21.8 Å². The van der Waals surface area contributed by atoms with E-state index in [9.17, 15) is 4.79 Å². The van der Waals surface area contributed by atoms with Crippen LogP contribution in [-0.4, -0.2) is 19.7 Å². The third kappa shape index (κ3) is 1.65. The molecule has 78 valence electrons. The second-order valence-electron chi connectivity index (χ2n) is 3.01. The van der Waals surface area contributed by atoms with Gasteiger partial charge in [0, 0.05) is 11.8 Å². The van der Waals surface area contributed by atoms with Gasteiger partial charge in [-0.2, -0.15) is 0 Å². The number of rotatable bonds is 1.